The van der Waals surface area contributed by atoms with Gasteiger partial charge in [0.2, 0.25) is 5.95 Å². The molecule has 0 fully saturated rings. The van der Waals surface area contributed by atoms with Gasteiger partial charge in [-0.25, -0.2) is 9.37 Å². The van der Waals surface area contributed by atoms with E-state index in [1.807, 2.05) is 60.5 Å². The molecule has 4 aromatic rings. The number of benzene rings is 2. The number of nitrogens with one attached hydrogen (secondary N) is 1. The van der Waals surface area contributed by atoms with Gasteiger partial charge in [0.25, 0.3) is 0 Å². The summed E-state index contributed by atoms with van der Waals surface area (Å²) >= 11 is 0. The number of pyridine rings is 1. The first-order valence-electron chi connectivity index (χ1n) is 9.74. The average molecular weight is 399 g/mol. The van der Waals surface area contributed by atoms with E-state index in [-0.39, 0.29) is 5.82 Å². The first kappa shape index (κ1) is 19.5. The Morgan fingerprint density at radius 3 is 2.47 bits per heavy atom. The van der Waals surface area contributed by atoms with Gasteiger partial charge in [0.1, 0.15) is 11.6 Å². The second-order valence-corrected chi connectivity index (χ2v) is 6.97. The van der Waals surface area contributed by atoms with Gasteiger partial charge in [-0.05, 0) is 42.3 Å². The largest absolute Gasteiger partial charge is 0.343 e. The fraction of sp³-hybridized carbons (Fsp3) is 0.125. The Kier molecular flexibility index (Phi) is 5.94. The van der Waals surface area contributed by atoms with Gasteiger partial charge in [0.15, 0.2) is 0 Å². The minimum absolute atomic E-state index is 0.299. The highest BCUT2D eigenvalue weighted by Crippen LogP contribution is 2.25. The van der Waals surface area contributed by atoms with Gasteiger partial charge in [0, 0.05) is 43.3 Å². The number of likely N-dealkylation sites (N-methyl/N-ethyl adjacent to an activating group) is 1. The molecular weight excluding hydrogens is 377 g/mol. The third-order valence-electron chi connectivity index (χ3n) is 4.71. The highest BCUT2D eigenvalue weighted by atomic mass is 19.1. The minimum Gasteiger partial charge on any atom is -0.343 e. The lowest BCUT2D eigenvalue weighted by Crippen LogP contribution is -2.23. The second-order valence-electron chi connectivity index (χ2n) is 6.97. The van der Waals surface area contributed by atoms with Crippen molar-refractivity contribution in [1.82, 2.24) is 15.0 Å². The Morgan fingerprint density at radius 1 is 0.900 bits per heavy atom. The molecule has 0 aliphatic carbocycles. The summed E-state index contributed by atoms with van der Waals surface area (Å²) in [6.07, 6.45) is 4.44. The molecule has 0 aliphatic heterocycles. The van der Waals surface area contributed by atoms with Crippen molar-refractivity contribution in [3.8, 4) is 11.3 Å². The van der Waals surface area contributed by atoms with Crippen molar-refractivity contribution in [2.75, 3.05) is 23.8 Å². The summed E-state index contributed by atoms with van der Waals surface area (Å²) in [5.41, 5.74) is 3.63. The SMILES string of the molecule is CN(CCc1ccncc1)c1nc(Nc2cccc(F)c2)cc(-c2ccccc2)n1. The lowest BCUT2D eigenvalue weighted by Gasteiger charge is -2.19. The zero-order valence-electron chi connectivity index (χ0n) is 16.7. The Morgan fingerprint density at radius 2 is 1.70 bits per heavy atom. The maximum atomic E-state index is 13.6. The number of aromatic nitrogens is 3. The van der Waals surface area contributed by atoms with Crippen LogP contribution >= 0.6 is 0 Å². The molecule has 0 saturated heterocycles. The van der Waals surface area contributed by atoms with Crippen molar-refractivity contribution in [2.24, 2.45) is 0 Å². The number of nitrogens with zero attached hydrogens (tertiary/aromatic N) is 4. The quantitative estimate of drug-likeness (QED) is 0.469. The van der Waals surface area contributed by atoms with E-state index in [0.29, 0.717) is 17.5 Å². The maximum absolute atomic E-state index is 13.6. The molecule has 0 amide bonds. The van der Waals surface area contributed by atoms with Gasteiger partial charge in [0.05, 0.1) is 5.69 Å². The molecule has 2 aromatic heterocycles. The molecule has 0 bridgehead atoms. The van der Waals surface area contributed by atoms with Crippen LogP contribution in [0.2, 0.25) is 0 Å². The number of halogens is 1. The number of hydrogen-bond donors (Lipinski definition) is 1. The van der Waals surface area contributed by atoms with Gasteiger partial charge in [-0.3, -0.25) is 4.98 Å². The Hall–Kier alpha value is -3.80. The summed E-state index contributed by atoms with van der Waals surface area (Å²) in [7, 11) is 1.97. The van der Waals surface area contributed by atoms with Crippen molar-refractivity contribution in [3.05, 3.63) is 96.6 Å². The number of rotatable bonds is 7. The molecule has 6 heteroatoms. The summed E-state index contributed by atoms with van der Waals surface area (Å²) in [4.78, 5) is 15.5. The molecule has 0 spiro atoms. The Bertz CT molecular complexity index is 1100. The standard InChI is InChI=1S/C24H22FN5/c1-30(15-12-18-10-13-26-14-11-18)24-28-22(19-6-3-2-4-7-19)17-23(29-24)27-21-9-5-8-20(25)16-21/h2-11,13-14,16-17H,12,15H2,1H3,(H,27,28,29). The van der Waals surface area contributed by atoms with Crippen LogP contribution in [0.25, 0.3) is 11.3 Å². The van der Waals surface area contributed by atoms with Crippen LogP contribution in [0.1, 0.15) is 5.56 Å². The van der Waals surface area contributed by atoms with Crippen molar-refractivity contribution in [2.45, 2.75) is 6.42 Å². The number of hydrogen-bond acceptors (Lipinski definition) is 5. The first-order valence-corrected chi connectivity index (χ1v) is 9.74. The molecule has 1 N–H and O–H groups in total. The smallest absolute Gasteiger partial charge is 0.227 e. The van der Waals surface area contributed by atoms with Crippen LogP contribution in [0, 0.1) is 5.82 Å². The van der Waals surface area contributed by atoms with Crippen LogP contribution in [0.5, 0.6) is 0 Å². The third kappa shape index (κ3) is 4.97. The lowest BCUT2D eigenvalue weighted by atomic mass is 10.1. The molecule has 2 aromatic carbocycles. The van der Waals surface area contributed by atoms with E-state index in [4.69, 9.17) is 4.98 Å². The molecule has 2 heterocycles. The molecule has 150 valence electrons. The fourth-order valence-corrected chi connectivity index (χ4v) is 3.09. The first-order chi connectivity index (χ1) is 14.7. The molecule has 5 nitrogen and oxygen atoms in total. The topological polar surface area (TPSA) is 53.9 Å². The predicted octanol–water partition coefficient (Wildman–Crippen LogP) is 5.10. The van der Waals surface area contributed by atoms with E-state index in [1.165, 1.54) is 17.7 Å². The summed E-state index contributed by atoms with van der Waals surface area (Å²) in [5.74, 6) is 0.913. The van der Waals surface area contributed by atoms with Crippen LogP contribution in [0.15, 0.2) is 85.2 Å². The molecular formula is C24H22FN5. The van der Waals surface area contributed by atoms with Crippen LogP contribution in [0.3, 0.4) is 0 Å². The molecule has 0 radical (unpaired) electrons. The van der Waals surface area contributed by atoms with Crippen LogP contribution < -0.4 is 10.2 Å². The highest BCUT2D eigenvalue weighted by Gasteiger charge is 2.11. The normalized spacial score (nSPS) is 10.6. The van der Waals surface area contributed by atoms with E-state index >= 15 is 0 Å². The Balaban J connectivity index is 1.62. The van der Waals surface area contributed by atoms with Crippen molar-refractivity contribution in [1.29, 1.82) is 0 Å². The molecule has 0 atom stereocenters. The lowest BCUT2D eigenvalue weighted by molar-refractivity contribution is 0.628. The third-order valence-corrected chi connectivity index (χ3v) is 4.71. The zero-order valence-corrected chi connectivity index (χ0v) is 16.7. The monoisotopic (exact) mass is 399 g/mol. The van der Waals surface area contributed by atoms with Gasteiger partial charge < -0.3 is 10.2 Å². The van der Waals surface area contributed by atoms with E-state index in [9.17, 15) is 4.39 Å². The summed E-state index contributed by atoms with van der Waals surface area (Å²) in [6, 6.07) is 22.2. The van der Waals surface area contributed by atoms with Gasteiger partial charge >= 0.3 is 0 Å². The molecule has 30 heavy (non-hydrogen) atoms. The summed E-state index contributed by atoms with van der Waals surface area (Å²) < 4.78 is 13.6. The van der Waals surface area contributed by atoms with Gasteiger partial charge in [-0.1, -0.05) is 36.4 Å². The zero-order chi connectivity index (χ0) is 20.8. The van der Waals surface area contributed by atoms with Crippen LogP contribution in [-0.2, 0) is 6.42 Å². The second kappa shape index (κ2) is 9.13. The number of anilines is 3. The maximum Gasteiger partial charge on any atom is 0.227 e. The molecule has 0 unspecified atom stereocenters. The van der Waals surface area contributed by atoms with E-state index in [2.05, 4.69) is 15.3 Å². The van der Waals surface area contributed by atoms with E-state index in [0.717, 1.165) is 24.2 Å². The van der Waals surface area contributed by atoms with Crippen LogP contribution in [0.4, 0.5) is 21.8 Å². The molecule has 4 rings (SSSR count). The van der Waals surface area contributed by atoms with Crippen molar-refractivity contribution >= 4 is 17.5 Å². The van der Waals surface area contributed by atoms with Gasteiger partial charge in [-0.15, -0.1) is 0 Å². The average Bonchev–Trinajstić information content (AvgIpc) is 2.78. The minimum atomic E-state index is -0.299. The fourth-order valence-electron chi connectivity index (χ4n) is 3.09. The summed E-state index contributed by atoms with van der Waals surface area (Å²) in [5, 5.41) is 3.20. The van der Waals surface area contributed by atoms with E-state index < -0.39 is 0 Å². The van der Waals surface area contributed by atoms with Crippen LogP contribution in [-0.4, -0.2) is 28.5 Å². The molecule has 0 saturated carbocycles. The van der Waals surface area contributed by atoms with Gasteiger partial charge in [-0.2, -0.15) is 4.98 Å². The predicted molar refractivity (Wildman–Crippen MR) is 118 cm³/mol. The van der Waals surface area contributed by atoms with E-state index in [1.54, 1.807) is 24.5 Å². The highest BCUT2D eigenvalue weighted by molar-refractivity contribution is 5.67. The summed E-state index contributed by atoms with van der Waals surface area (Å²) in [6.45, 7) is 0.752. The van der Waals surface area contributed by atoms with Crippen molar-refractivity contribution in [3.63, 3.8) is 0 Å². The van der Waals surface area contributed by atoms with Crippen molar-refractivity contribution < 1.29 is 4.39 Å². The molecule has 0 aliphatic rings. The Labute approximate surface area is 175 Å².